The van der Waals surface area contributed by atoms with Gasteiger partial charge in [0.05, 0.1) is 12.8 Å². The maximum Gasteiger partial charge on any atom is 0.187 e. The predicted molar refractivity (Wildman–Crippen MR) is 88.2 cm³/mol. The zero-order valence-corrected chi connectivity index (χ0v) is 12.4. The van der Waals surface area contributed by atoms with Crippen molar-refractivity contribution in [2.45, 2.75) is 0 Å². The maximum absolute atomic E-state index is 5.77. The summed E-state index contributed by atoms with van der Waals surface area (Å²) >= 11 is 1.55. The minimum atomic E-state index is 0.724. The van der Waals surface area contributed by atoms with E-state index in [0.29, 0.717) is 0 Å². The van der Waals surface area contributed by atoms with Gasteiger partial charge < -0.3 is 15.8 Å². The molecule has 3 aromatic rings. The Morgan fingerprint density at radius 3 is 2.81 bits per heavy atom. The van der Waals surface area contributed by atoms with Crippen LogP contribution in [0, 0.1) is 0 Å². The fourth-order valence-electron chi connectivity index (χ4n) is 2.05. The van der Waals surface area contributed by atoms with Crippen LogP contribution in [-0.2, 0) is 0 Å². The molecule has 4 nitrogen and oxygen atoms in total. The molecular weight excluding hydrogens is 282 g/mol. The average Bonchev–Trinajstić information content (AvgIpc) is 2.95. The van der Waals surface area contributed by atoms with Crippen LogP contribution in [0.25, 0.3) is 11.3 Å². The molecule has 0 amide bonds. The van der Waals surface area contributed by atoms with Gasteiger partial charge in [-0.05, 0) is 30.3 Å². The topological polar surface area (TPSA) is 60.2 Å². The predicted octanol–water partition coefficient (Wildman–Crippen LogP) is 4.14. The van der Waals surface area contributed by atoms with Gasteiger partial charge in [0, 0.05) is 22.3 Å². The third kappa shape index (κ3) is 2.98. The summed E-state index contributed by atoms with van der Waals surface area (Å²) in [5, 5.41) is 6.09. The number of nitrogens with one attached hydrogen (secondary N) is 1. The van der Waals surface area contributed by atoms with Gasteiger partial charge in [-0.2, -0.15) is 0 Å². The lowest BCUT2D eigenvalue weighted by Crippen LogP contribution is -1.92. The second-order valence-corrected chi connectivity index (χ2v) is 5.35. The molecule has 21 heavy (non-hydrogen) atoms. The number of ether oxygens (including phenoxy) is 1. The van der Waals surface area contributed by atoms with Crippen LogP contribution in [0.3, 0.4) is 0 Å². The van der Waals surface area contributed by atoms with Crippen LogP contribution in [0.4, 0.5) is 16.5 Å². The second kappa shape index (κ2) is 5.85. The fourth-order valence-corrected chi connectivity index (χ4v) is 2.78. The summed E-state index contributed by atoms with van der Waals surface area (Å²) in [6.45, 7) is 0. The lowest BCUT2D eigenvalue weighted by atomic mass is 10.1. The molecule has 0 unspecified atom stereocenters. The van der Waals surface area contributed by atoms with Gasteiger partial charge >= 0.3 is 0 Å². The van der Waals surface area contributed by atoms with E-state index in [-0.39, 0.29) is 0 Å². The van der Waals surface area contributed by atoms with Crippen molar-refractivity contribution < 1.29 is 4.74 Å². The highest BCUT2D eigenvalue weighted by molar-refractivity contribution is 7.14. The molecule has 0 atom stereocenters. The largest absolute Gasteiger partial charge is 0.496 e. The van der Waals surface area contributed by atoms with E-state index in [4.69, 9.17) is 10.5 Å². The fraction of sp³-hybridized carbons (Fsp3) is 0.0625. The zero-order valence-electron chi connectivity index (χ0n) is 11.5. The number of nitrogens with two attached hydrogens (primary N) is 1. The minimum Gasteiger partial charge on any atom is -0.496 e. The quantitative estimate of drug-likeness (QED) is 0.710. The molecule has 106 valence electrons. The third-order valence-corrected chi connectivity index (χ3v) is 3.78. The molecule has 0 saturated carbocycles. The van der Waals surface area contributed by atoms with Gasteiger partial charge in [0.15, 0.2) is 5.13 Å². The lowest BCUT2D eigenvalue weighted by Gasteiger charge is -2.05. The Morgan fingerprint density at radius 2 is 2.00 bits per heavy atom. The number of hydrogen-bond acceptors (Lipinski definition) is 5. The minimum absolute atomic E-state index is 0.724. The Morgan fingerprint density at radius 1 is 1.14 bits per heavy atom. The molecule has 3 rings (SSSR count). The smallest absolute Gasteiger partial charge is 0.187 e. The molecule has 2 aromatic carbocycles. The van der Waals surface area contributed by atoms with E-state index in [0.717, 1.165) is 33.5 Å². The molecule has 0 aliphatic carbocycles. The molecule has 0 aliphatic rings. The summed E-state index contributed by atoms with van der Waals surface area (Å²) in [4.78, 5) is 4.60. The number of nitrogens with zero attached hydrogens (tertiary/aromatic N) is 1. The molecule has 0 saturated heterocycles. The van der Waals surface area contributed by atoms with Crippen LogP contribution in [0.2, 0.25) is 0 Å². The molecule has 0 aliphatic heterocycles. The Bertz CT molecular complexity index is 755. The Hall–Kier alpha value is -2.53. The van der Waals surface area contributed by atoms with E-state index in [9.17, 15) is 0 Å². The highest BCUT2D eigenvalue weighted by Crippen LogP contribution is 2.32. The van der Waals surface area contributed by atoms with Crippen molar-refractivity contribution >= 4 is 27.8 Å². The van der Waals surface area contributed by atoms with Gasteiger partial charge in [-0.3, -0.25) is 0 Å². The summed E-state index contributed by atoms with van der Waals surface area (Å²) in [7, 11) is 1.66. The van der Waals surface area contributed by atoms with Crippen molar-refractivity contribution in [1.82, 2.24) is 4.98 Å². The number of thiazole rings is 1. The van der Waals surface area contributed by atoms with Gasteiger partial charge in [-0.15, -0.1) is 11.3 Å². The van der Waals surface area contributed by atoms with Gasteiger partial charge in [0.25, 0.3) is 0 Å². The monoisotopic (exact) mass is 297 g/mol. The van der Waals surface area contributed by atoms with E-state index in [1.807, 2.05) is 53.9 Å². The summed E-state index contributed by atoms with van der Waals surface area (Å²) in [6, 6.07) is 15.4. The standard InChI is InChI=1S/C16H15N3OS/c1-20-15-8-3-2-7-13(15)14-10-21-16(19-14)18-12-6-4-5-11(17)9-12/h2-10H,17H2,1H3,(H,18,19). The van der Waals surface area contributed by atoms with Crippen molar-refractivity contribution in [2.24, 2.45) is 0 Å². The molecule has 5 heteroatoms. The third-order valence-electron chi connectivity index (χ3n) is 3.03. The Balaban J connectivity index is 1.86. The maximum atomic E-state index is 5.77. The molecule has 0 bridgehead atoms. The zero-order chi connectivity index (χ0) is 14.7. The van der Waals surface area contributed by atoms with Crippen LogP contribution >= 0.6 is 11.3 Å². The summed E-state index contributed by atoms with van der Waals surface area (Å²) in [5.41, 5.74) is 9.30. The van der Waals surface area contributed by atoms with E-state index in [1.54, 1.807) is 18.4 Å². The molecule has 0 fully saturated rings. The number of rotatable bonds is 4. The van der Waals surface area contributed by atoms with E-state index < -0.39 is 0 Å². The summed E-state index contributed by atoms with van der Waals surface area (Å²) in [6.07, 6.45) is 0. The van der Waals surface area contributed by atoms with Crippen molar-refractivity contribution in [3.05, 3.63) is 53.9 Å². The molecular formula is C16H15N3OS. The van der Waals surface area contributed by atoms with Gasteiger partial charge in [-0.25, -0.2) is 4.98 Å². The van der Waals surface area contributed by atoms with Gasteiger partial charge in [0.1, 0.15) is 5.75 Å². The van der Waals surface area contributed by atoms with Crippen LogP contribution in [0.15, 0.2) is 53.9 Å². The second-order valence-electron chi connectivity index (χ2n) is 4.49. The van der Waals surface area contributed by atoms with Crippen LogP contribution in [-0.4, -0.2) is 12.1 Å². The highest BCUT2D eigenvalue weighted by Gasteiger charge is 2.09. The molecule has 0 radical (unpaired) electrons. The van der Waals surface area contributed by atoms with Crippen molar-refractivity contribution in [3.8, 4) is 17.0 Å². The summed E-state index contributed by atoms with van der Waals surface area (Å²) < 4.78 is 5.37. The first kappa shape index (κ1) is 13.5. The van der Waals surface area contributed by atoms with Gasteiger partial charge in [-0.1, -0.05) is 18.2 Å². The van der Waals surface area contributed by atoms with E-state index in [1.165, 1.54) is 0 Å². The molecule has 0 spiro atoms. The number of anilines is 3. The normalized spacial score (nSPS) is 10.3. The first-order valence-electron chi connectivity index (χ1n) is 6.48. The van der Waals surface area contributed by atoms with Crippen LogP contribution in [0.1, 0.15) is 0 Å². The van der Waals surface area contributed by atoms with E-state index in [2.05, 4.69) is 10.3 Å². The number of aromatic nitrogens is 1. The first-order chi connectivity index (χ1) is 10.3. The van der Waals surface area contributed by atoms with E-state index >= 15 is 0 Å². The number of hydrogen-bond donors (Lipinski definition) is 2. The van der Waals surface area contributed by atoms with Crippen molar-refractivity contribution in [1.29, 1.82) is 0 Å². The number of para-hydroxylation sites is 1. The Labute approximate surface area is 127 Å². The SMILES string of the molecule is COc1ccccc1-c1csc(Nc2cccc(N)c2)n1. The average molecular weight is 297 g/mol. The first-order valence-corrected chi connectivity index (χ1v) is 7.36. The molecule has 1 aromatic heterocycles. The molecule has 1 heterocycles. The molecule has 3 N–H and O–H groups in total. The number of nitrogen functional groups attached to an aromatic ring is 1. The number of benzene rings is 2. The van der Waals surface area contributed by atoms with Crippen molar-refractivity contribution in [3.63, 3.8) is 0 Å². The number of methoxy groups -OCH3 is 1. The Kier molecular flexibility index (Phi) is 3.75. The highest BCUT2D eigenvalue weighted by atomic mass is 32.1. The lowest BCUT2D eigenvalue weighted by molar-refractivity contribution is 0.416. The van der Waals surface area contributed by atoms with Crippen LogP contribution in [0.5, 0.6) is 5.75 Å². The van der Waals surface area contributed by atoms with Gasteiger partial charge in [0.2, 0.25) is 0 Å². The summed E-state index contributed by atoms with van der Waals surface area (Å²) in [5.74, 6) is 0.818. The van der Waals surface area contributed by atoms with Crippen LogP contribution < -0.4 is 15.8 Å². The van der Waals surface area contributed by atoms with Crippen molar-refractivity contribution in [2.75, 3.05) is 18.2 Å².